The molecule has 0 radical (unpaired) electrons. The Morgan fingerprint density at radius 1 is 1.17 bits per heavy atom. The Kier molecular flexibility index (Phi) is 5.38. The Hall–Kier alpha value is -3.32. The van der Waals surface area contributed by atoms with Crippen molar-refractivity contribution < 1.29 is 47.4 Å². The number of phenolic OH excluding ortho intramolecular Hbond substituents is 1. The van der Waals surface area contributed by atoms with E-state index in [2.05, 4.69) is 0 Å². The van der Waals surface area contributed by atoms with E-state index < -0.39 is 105 Å². The number of amides is 1. The molecule has 3 aliphatic carbocycles. The van der Waals surface area contributed by atoms with Crippen molar-refractivity contribution in [2.75, 3.05) is 19.8 Å². The van der Waals surface area contributed by atoms with Gasteiger partial charge in [-0.05, 0) is 44.5 Å². The molecule has 188 valence electrons. The molecule has 0 spiro atoms. The highest BCUT2D eigenvalue weighted by molar-refractivity contribution is 6.32. The predicted octanol–water partition coefficient (Wildman–Crippen LogP) is -0.532. The molecule has 2 fully saturated rings. The Bertz CT molecular complexity index is 1210. The summed E-state index contributed by atoms with van der Waals surface area (Å²) >= 11 is 0. The maximum absolute atomic E-state index is 13.7. The summed E-state index contributed by atoms with van der Waals surface area (Å²) in [6, 6.07) is -0.852. The SMILES string of the molecule is CN(C)[C@@H]1C(=O)C(C(N)=O)C(=O)[C@@]2(O)C(=O)C3C(=O)c4c(O)c(N)cc(C(F)(F)F)c4C[C@H]3C[C@@H]12. The van der Waals surface area contributed by atoms with Crippen molar-refractivity contribution >= 4 is 34.7 Å². The number of carbonyl (C=O) groups is 5. The number of hydrogen-bond donors (Lipinski definition) is 4. The zero-order valence-corrected chi connectivity index (χ0v) is 18.5. The van der Waals surface area contributed by atoms with Crippen LogP contribution in [0.3, 0.4) is 0 Å². The van der Waals surface area contributed by atoms with Gasteiger partial charge in [0.25, 0.3) is 0 Å². The fraction of sp³-hybridized carbons (Fsp3) is 0.500. The molecule has 0 saturated heterocycles. The average molecular weight is 497 g/mol. The van der Waals surface area contributed by atoms with Crippen LogP contribution >= 0.6 is 0 Å². The van der Waals surface area contributed by atoms with Crippen molar-refractivity contribution in [2.45, 2.75) is 30.7 Å². The number of likely N-dealkylation sites (N-methyl/N-ethyl adjacent to an activating group) is 1. The third kappa shape index (κ3) is 3.21. The summed E-state index contributed by atoms with van der Waals surface area (Å²) in [5.74, 6) is -13.8. The van der Waals surface area contributed by atoms with E-state index in [4.69, 9.17) is 11.5 Å². The second-order valence-corrected chi connectivity index (χ2v) is 9.50. The molecule has 4 rings (SSSR count). The molecular weight excluding hydrogens is 475 g/mol. The van der Waals surface area contributed by atoms with Crippen molar-refractivity contribution in [1.82, 2.24) is 4.90 Å². The molecule has 6 N–H and O–H groups in total. The second kappa shape index (κ2) is 7.59. The third-order valence-electron chi connectivity index (χ3n) is 7.40. The summed E-state index contributed by atoms with van der Waals surface area (Å²) in [5, 5.41) is 21.7. The van der Waals surface area contributed by atoms with E-state index in [-0.39, 0.29) is 6.42 Å². The van der Waals surface area contributed by atoms with Crippen LogP contribution in [0.5, 0.6) is 5.75 Å². The largest absolute Gasteiger partial charge is 0.505 e. The van der Waals surface area contributed by atoms with Gasteiger partial charge >= 0.3 is 6.18 Å². The second-order valence-electron chi connectivity index (χ2n) is 9.50. The zero-order valence-electron chi connectivity index (χ0n) is 18.5. The van der Waals surface area contributed by atoms with Gasteiger partial charge in [0.2, 0.25) is 5.91 Å². The number of nitrogens with two attached hydrogens (primary N) is 2. The molecule has 10 nitrogen and oxygen atoms in total. The number of ketones is 4. The van der Waals surface area contributed by atoms with E-state index >= 15 is 0 Å². The van der Waals surface area contributed by atoms with E-state index in [9.17, 15) is 47.4 Å². The number of nitrogen functional groups attached to an aromatic ring is 1. The Morgan fingerprint density at radius 2 is 1.77 bits per heavy atom. The van der Waals surface area contributed by atoms with Gasteiger partial charge in [-0.2, -0.15) is 13.2 Å². The Balaban J connectivity index is 1.92. The first-order valence-electron chi connectivity index (χ1n) is 10.6. The third-order valence-corrected chi connectivity index (χ3v) is 7.40. The number of hydrogen-bond acceptors (Lipinski definition) is 9. The van der Waals surface area contributed by atoms with Crippen LogP contribution in [0.15, 0.2) is 6.07 Å². The number of fused-ring (bicyclic) bond motifs is 3. The molecule has 1 amide bonds. The molecule has 2 unspecified atom stereocenters. The minimum Gasteiger partial charge on any atom is -0.505 e. The summed E-state index contributed by atoms with van der Waals surface area (Å²) in [4.78, 5) is 66.2. The average Bonchev–Trinajstić information content (AvgIpc) is 2.71. The lowest BCUT2D eigenvalue weighted by atomic mass is 9.52. The molecule has 0 aromatic heterocycles. The number of aliphatic hydroxyl groups is 1. The van der Waals surface area contributed by atoms with Crippen LogP contribution in [0.25, 0.3) is 0 Å². The van der Waals surface area contributed by atoms with Gasteiger partial charge in [-0.1, -0.05) is 0 Å². The first-order chi connectivity index (χ1) is 16.0. The lowest BCUT2D eigenvalue weighted by Crippen LogP contribution is -2.74. The predicted molar refractivity (Wildman–Crippen MR) is 111 cm³/mol. The van der Waals surface area contributed by atoms with Gasteiger partial charge in [0.15, 0.2) is 34.7 Å². The Labute approximate surface area is 196 Å². The lowest BCUT2D eigenvalue weighted by Gasteiger charge is -2.52. The number of Topliss-reactive ketones (excluding diaryl/α,β-unsaturated/α-hetero) is 4. The summed E-state index contributed by atoms with van der Waals surface area (Å²) in [6.45, 7) is 0. The summed E-state index contributed by atoms with van der Waals surface area (Å²) < 4.78 is 41.2. The van der Waals surface area contributed by atoms with Gasteiger partial charge in [-0.3, -0.25) is 28.9 Å². The van der Waals surface area contributed by atoms with Crippen LogP contribution in [0.2, 0.25) is 0 Å². The van der Waals surface area contributed by atoms with Gasteiger partial charge in [0.05, 0.1) is 28.8 Å². The maximum atomic E-state index is 13.7. The zero-order chi connectivity index (χ0) is 26.4. The van der Waals surface area contributed by atoms with E-state index in [1.807, 2.05) is 0 Å². The molecule has 0 heterocycles. The molecule has 1 aromatic rings. The topological polar surface area (TPSA) is 181 Å². The molecular formula is C22H22F3N3O7. The van der Waals surface area contributed by atoms with Crippen molar-refractivity contribution in [3.05, 3.63) is 22.8 Å². The first kappa shape index (κ1) is 24.8. The number of rotatable bonds is 2. The number of aromatic hydroxyl groups is 1. The molecule has 0 aliphatic heterocycles. The van der Waals surface area contributed by atoms with Crippen LogP contribution in [-0.4, -0.2) is 69.9 Å². The smallest absolute Gasteiger partial charge is 0.416 e. The van der Waals surface area contributed by atoms with E-state index in [0.717, 1.165) is 0 Å². The molecule has 13 heteroatoms. The fourth-order valence-corrected chi connectivity index (χ4v) is 5.95. The summed E-state index contributed by atoms with van der Waals surface area (Å²) in [7, 11) is 2.80. The van der Waals surface area contributed by atoms with Crippen molar-refractivity contribution in [3.8, 4) is 5.75 Å². The monoisotopic (exact) mass is 497 g/mol. The van der Waals surface area contributed by atoms with E-state index in [1.54, 1.807) is 0 Å². The van der Waals surface area contributed by atoms with Crippen molar-refractivity contribution in [1.29, 1.82) is 0 Å². The molecule has 0 bridgehead atoms. The number of alkyl halides is 3. The van der Waals surface area contributed by atoms with Crippen LogP contribution < -0.4 is 11.5 Å². The molecule has 3 aliphatic rings. The minimum absolute atomic E-state index is 0.355. The first-order valence-corrected chi connectivity index (χ1v) is 10.6. The van der Waals surface area contributed by atoms with Crippen LogP contribution in [0.4, 0.5) is 18.9 Å². The highest BCUT2D eigenvalue weighted by Crippen LogP contribution is 2.52. The van der Waals surface area contributed by atoms with Crippen LogP contribution in [0, 0.1) is 23.7 Å². The lowest BCUT2D eigenvalue weighted by molar-refractivity contribution is -0.181. The van der Waals surface area contributed by atoms with Crippen LogP contribution in [0.1, 0.15) is 27.9 Å². The van der Waals surface area contributed by atoms with E-state index in [1.165, 1.54) is 19.0 Å². The molecule has 1 aromatic carbocycles. The van der Waals surface area contributed by atoms with Gasteiger partial charge in [-0.15, -0.1) is 0 Å². The quantitative estimate of drug-likeness (QED) is 0.237. The van der Waals surface area contributed by atoms with Crippen molar-refractivity contribution in [2.24, 2.45) is 29.4 Å². The minimum atomic E-state index is -4.93. The van der Waals surface area contributed by atoms with Crippen molar-refractivity contribution in [3.63, 3.8) is 0 Å². The highest BCUT2D eigenvalue weighted by Gasteiger charge is 2.69. The summed E-state index contributed by atoms with van der Waals surface area (Å²) in [5.41, 5.74) is 4.40. The molecule has 35 heavy (non-hydrogen) atoms. The number of phenols is 1. The van der Waals surface area contributed by atoms with E-state index in [0.29, 0.717) is 6.07 Å². The number of carbonyl (C=O) groups excluding carboxylic acids is 5. The van der Waals surface area contributed by atoms with Crippen LogP contribution in [-0.2, 0) is 31.8 Å². The Morgan fingerprint density at radius 3 is 2.29 bits per heavy atom. The number of anilines is 1. The summed E-state index contributed by atoms with van der Waals surface area (Å²) in [6.07, 6.45) is -5.79. The maximum Gasteiger partial charge on any atom is 0.416 e. The number of benzene rings is 1. The normalized spacial score (nSPS) is 32.8. The molecule has 2 saturated carbocycles. The number of primary amides is 1. The van der Waals surface area contributed by atoms with Gasteiger partial charge < -0.3 is 21.7 Å². The molecule has 6 atom stereocenters. The number of nitrogens with zero attached hydrogens (tertiary/aromatic N) is 1. The highest BCUT2D eigenvalue weighted by atomic mass is 19.4. The number of halogens is 3. The fourth-order valence-electron chi connectivity index (χ4n) is 5.95. The van der Waals surface area contributed by atoms with Gasteiger partial charge in [0, 0.05) is 5.92 Å². The standard InChI is InChI=1S/C22H22F3N3O7/c1-28(2)14-9-4-6-3-7-8(22(23,24)25)5-10(26)15(29)12(7)16(30)11(6)18(32)21(9,35)19(33)13(17(14)31)20(27)34/h5-6,9,11,13-14,29,35H,3-4,26H2,1-2H3,(H2,27,34)/t6-,9-,11?,13?,14-,21-/m0/s1. The van der Waals surface area contributed by atoms with Gasteiger partial charge in [0.1, 0.15) is 5.75 Å². The van der Waals surface area contributed by atoms with Gasteiger partial charge in [-0.25, -0.2) is 0 Å².